The van der Waals surface area contributed by atoms with E-state index in [0.717, 1.165) is 25.9 Å². The van der Waals surface area contributed by atoms with Crippen molar-refractivity contribution in [1.29, 1.82) is 0 Å². The van der Waals surface area contributed by atoms with E-state index in [2.05, 4.69) is 4.90 Å². The summed E-state index contributed by atoms with van der Waals surface area (Å²) in [6.45, 7) is 7.59. The lowest BCUT2D eigenvalue weighted by atomic mass is 9.88. The van der Waals surface area contributed by atoms with Crippen LogP contribution in [0, 0.1) is 5.41 Å². The van der Waals surface area contributed by atoms with Gasteiger partial charge in [0.2, 0.25) is 0 Å². The molecule has 14 heavy (non-hydrogen) atoms. The topological polar surface area (TPSA) is 40.5 Å². The van der Waals surface area contributed by atoms with E-state index in [1.54, 1.807) is 6.92 Å². The van der Waals surface area contributed by atoms with Crippen LogP contribution in [0.4, 0.5) is 0 Å². The number of carbonyl (C=O) groups excluding carboxylic acids is 1. The van der Waals surface area contributed by atoms with Gasteiger partial charge in [-0.25, -0.2) is 0 Å². The minimum atomic E-state index is -0.280. The third-order valence-corrected chi connectivity index (χ3v) is 3.26. The number of aliphatic hydroxyl groups excluding tert-OH is 1. The molecule has 1 aliphatic heterocycles. The summed E-state index contributed by atoms with van der Waals surface area (Å²) in [4.78, 5) is 13.6. The maximum atomic E-state index is 11.4. The SMILES string of the molecule is CC(=O)C(C)(C)CN1CCCC1CO. The monoisotopic (exact) mass is 199 g/mol. The molecular weight excluding hydrogens is 178 g/mol. The molecule has 1 rings (SSSR count). The molecule has 1 aliphatic rings. The quantitative estimate of drug-likeness (QED) is 0.736. The Morgan fingerprint density at radius 3 is 2.71 bits per heavy atom. The van der Waals surface area contributed by atoms with Gasteiger partial charge in [-0.05, 0) is 26.3 Å². The van der Waals surface area contributed by atoms with Gasteiger partial charge in [0.1, 0.15) is 5.78 Å². The van der Waals surface area contributed by atoms with Gasteiger partial charge in [0.25, 0.3) is 0 Å². The van der Waals surface area contributed by atoms with Crippen molar-refractivity contribution in [1.82, 2.24) is 4.90 Å². The van der Waals surface area contributed by atoms with E-state index in [1.165, 1.54) is 0 Å². The Labute approximate surface area is 86.1 Å². The van der Waals surface area contributed by atoms with E-state index in [9.17, 15) is 4.79 Å². The summed E-state index contributed by atoms with van der Waals surface area (Å²) in [7, 11) is 0. The van der Waals surface area contributed by atoms with Gasteiger partial charge >= 0.3 is 0 Å². The van der Waals surface area contributed by atoms with Crippen molar-refractivity contribution >= 4 is 5.78 Å². The zero-order valence-corrected chi connectivity index (χ0v) is 9.42. The number of nitrogens with zero attached hydrogens (tertiary/aromatic N) is 1. The molecule has 3 nitrogen and oxygen atoms in total. The molecule has 1 saturated heterocycles. The van der Waals surface area contributed by atoms with E-state index in [1.807, 2.05) is 13.8 Å². The summed E-state index contributed by atoms with van der Waals surface area (Å²) < 4.78 is 0. The van der Waals surface area contributed by atoms with Crippen LogP contribution in [-0.2, 0) is 4.79 Å². The Bertz CT molecular complexity index is 213. The molecule has 1 N–H and O–H groups in total. The first-order chi connectivity index (χ1) is 6.47. The smallest absolute Gasteiger partial charge is 0.136 e. The predicted octanol–water partition coefficient (Wildman–Crippen LogP) is 1.06. The molecular formula is C11H21NO2. The molecule has 1 unspecified atom stereocenters. The first-order valence-corrected chi connectivity index (χ1v) is 5.33. The van der Waals surface area contributed by atoms with Gasteiger partial charge < -0.3 is 5.11 Å². The van der Waals surface area contributed by atoms with Crippen molar-refractivity contribution in [3.05, 3.63) is 0 Å². The molecule has 82 valence electrons. The van der Waals surface area contributed by atoms with Crippen molar-refractivity contribution in [3.63, 3.8) is 0 Å². The van der Waals surface area contributed by atoms with Crippen molar-refractivity contribution in [3.8, 4) is 0 Å². The summed E-state index contributed by atoms with van der Waals surface area (Å²) in [5, 5.41) is 9.15. The summed E-state index contributed by atoms with van der Waals surface area (Å²) >= 11 is 0. The molecule has 0 aromatic rings. The van der Waals surface area contributed by atoms with Crippen LogP contribution in [0.1, 0.15) is 33.6 Å². The standard InChI is InChI=1S/C11H21NO2/c1-9(14)11(2,3)8-12-6-4-5-10(12)7-13/h10,13H,4-8H2,1-3H3. The minimum Gasteiger partial charge on any atom is -0.395 e. The number of hydrogen-bond acceptors (Lipinski definition) is 3. The van der Waals surface area contributed by atoms with Crippen LogP contribution in [-0.4, -0.2) is 41.5 Å². The number of hydrogen-bond donors (Lipinski definition) is 1. The number of likely N-dealkylation sites (tertiary alicyclic amines) is 1. The lowest BCUT2D eigenvalue weighted by Crippen LogP contribution is -2.42. The summed E-state index contributed by atoms with van der Waals surface area (Å²) in [6.07, 6.45) is 2.20. The molecule has 0 radical (unpaired) electrons. The minimum absolute atomic E-state index is 0.216. The second-order valence-electron chi connectivity index (χ2n) is 4.89. The molecule has 1 heterocycles. The van der Waals surface area contributed by atoms with E-state index in [4.69, 9.17) is 5.11 Å². The second kappa shape index (κ2) is 4.41. The van der Waals surface area contributed by atoms with Crippen molar-refractivity contribution in [2.24, 2.45) is 5.41 Å². The fraction of sp³-hybridized carbons (Fsp3) is 0.909. The highest BCUT2D eigenvalue weighted by atomic mass is 16.3. The van der Waals surface area contributed by atoms with E-state index >= 15 is 0 Å². The highest BCUT2D eigenvalue weighted by Crippen LogP contribution is 2.24. The van der Waals surface area contributed by atoms with Crippen molar-refractivity contribution in [2.75, 3.05) is 19.7 Å². The average molecular weight is 199 g/mol. The van der Waals surface area contributed by atoms with E-state index < -0.39 is 0 Å². The zero-order chi connectivity index (χ0) is 10.8. The Hall–Kier alpha value is -0.410. The molecule has 0 aromatic heterocycles. The first-order valence-electron chi connectivity index (χ1n) is 5.33. The average Bonchev–Trinajstić information content (AvgIpc) is 2.50. The maximum absolute atomic E-state index is 11.4. The molecule has 0 bridgehead atoms. The van der Waals surface area contributed by atoms with Gasteiger partial charge in [0.15, 0.2) is 0 Å². The van der Waals surface area contributed by atoms with Crippen LogP contribution in [0.2, 0.25) is 0 Å². The lowest BCUT2D eigenvalue weighted by Gasteiger charge is -2.31. The third kappa shape index (κ3) is 2.55. The summed E-state index contributed by atoms with van der Waals surface area (Å²) in [5.74, 6) is 0.223. The third-order valence-electron chi connectivity index (χ3n) is 3.26. The van der Waals surface area contributed by atoms with Crippen molar-refractivity contribution < 1.29 is 9.90 Å². The van der Waals surface area contributed by atoms with Gasteiger partial charge in [0, 0.05) is 18.0 Å². The Kier molecular flexibility index (Phi) is 3.67. The number of aliphatic hydroxyl groups is 1. The highest BCUT2D eigenvalue weighted by molar-refractivity contribution is 5.81. The van der Waals surface area contributed by atoms with Crippen LogP contribution < -0.4 is 0 Å². The van der Waals surface area contributed by atoms with E-state index in [-0.39, 0.29) is 23.8 Å². The zero-order valence-electron chi connectivity index (χ0n) is 9.42. The number of rotatable bonds is 4. The highest BCUT2D eigenvalue weighted by Gasteiger charge is 2.32. The van der Waals surface area contributed by atoms with Crippen LogP contribution in [0.25, 0.3) is 0 Å². The Balaban J connectivity index is 2.54. The lowest BCUT2D eigenvalue weighted by molar-refractivity contribution is -0.126. The van der Waals surface area contributed by atoms with Gasteiger partial charge in [-0.2, -0.15) is 0 Å². The molecule has 0 spiro atoms. The maximum Gasteiger partial charge on any atom is 0.136 e. The second-order valence-corrected chi connectivity index (χ2v) is 4.89. The Morgan fingerprint density at radius 1 is 1.57 bits per heavy atom. The Morgan fingerprint density at radius 2 is 2.21 bits per heavy atom. The van der Waals surface area contributed by atoms with Crippen LogP contribution in [0.15, 0.2) is 0 Å². The largest absolute Gasteiger partial charge is 0.395 e. The van der Waals surface area contributed by atoms with Crippen molar-refractivity contribution in [2.45, 2.75) is 39.7 Å². The molecule has 0 aliphatic carbocycles. The van der Waals surface area contributed by atoms with Crippen LogP contribution in [0.3, 0.4) is 0 Å². The normalized spacial score (nSPS) is 24.1. The van der Waals surface area contributed by atoms with Crippen LogP contribution in [0.5, 0.6) is 0 Å². The van der Waals surface area contributed by atoms with Gasteiger partial charge in [0.05, 0.1) is 6.61 Å². The molecule has 0 amide bonds. The number of carbonyl (C=O) groups is 1. The predicted molar refractivity (Wildman–Crippen MR) is 56.1 cm³/mol. The molecule has 1 fully saturated rings. The molecule has 0 aromatic carbocycles. The van der Waals surface area contributed by atoms with Gasteiger partial charge in [-0.15, -0.1) is 0 Å². The fourth-order valence-electron chi connectivity index (χ4n) is 1.93. The molecule has 0 saturated carbocycles. The van der Waals surface area contributed by atoms with Gasteiger partial charge in [-0.1, -0.05) is 13.8 Å². The summed E-state index contributed by atoms with van der Waals surface area (Å²) in [5.41, 5.74) is -0.280. The number of Topliss-reactive ketones (excluding diaryl/α,β-unsaturated/α-hetero) is 1. The first kappa shape index (κ1) is 11.7. The fourth-order valence-corrected chi connectivity index (χ4v) is 1.93. The molecule has 1 atom stereocenters. The number of ketones is 1. The van der Waals surface area contributed by atoms with Crippen LogP contribution >= 0.6 is 0 Å². The van der Waals surface area contributed by atoms with Gasteiger partial charge in [-0.3, -0.25) is 9.69 Å². The van der Waals surface area contributed by atoms with E-state index in [0.29, 0.717) is 0 Å². The summed E-state index contributed by atoms with van der Waals surface area (Å²) in [6, 6.07) is 0.272. The molecule has 3 heteroatoms.